The first-order chi connectivity index (χ1) is 10.8. The molecule has 0 bridgehead atoms. The molecule has 0 saturated carbocycles. The third-order valence-electron chi connectivity index (χ3n) is 4.14. The lowest BCUT2D eigenvalue weighted by Gasteiger charge is -2.11. The average molecular weight is 278 g/mol. The van der Waals surface area contributed by atoms with Crippen LogP contribution in [0.3, 0.4) is 0 Å². The van der Waals surface area contributed by atoms with Gasteiger partial charge in [-0.15, -0.1) is 0 Å². The van der Waals surface area contributed by atoms with Crippen LogP contribution in [-0.2, 0) is 0 Å². The Morgan fingerprint density at radius 3 is 1.82 bits per heavy atom. The van der Waals surface area contributed by atoms with Crippen molar-refractivity contribution in [2.24, 2.45) is 0 Å². The number of hydrogen-bond acceptors (Lipinski definition) is 2. The van der Waals surface area contributed by atoms with Crippen LogP contribution in [0.1, 0.15) is 11.1 Å². The number of benzene rings is 4. The second kappa shape index (κ2) is 4.58. The molecule has 0 atom stereocenters. The van der Waals surface area contributed by atoms with Gasteiger partial charge in [-0.2, -0.15) is 10.5 Å². The zero-order chi connectivity index (χ0) is 15.1. The molecular weight excluding hydrogens is 268 g/mol. The monoisotopic (exact) mass is 278 g/mol. The molecule has 2 nitrogen and oxygen atoms in total. The van der Waals surface area contributed by atoms with Crippen molar-refractivity contribution in [3.05, 3.63) is 71.8 Å². The average Bonchev–Trinajstić information content (AvgIpc) is 2.59. The highest BCUT2D eigenvalue weighted by molar-refractivity contribution is 6.18. The highest BCUT2D eigenvalue weighted by Gasteiger charge is 2.15. The van der Waals surface area contributed by atoms with Gasteiger partial charge in [0, 0.05) is 21.5 Å². The van der Waals surface area contributed by atoms with E-state index in [0.717, 1.165) is 32.3 Å². The molecule has 4 aromatic rings. The van der Waals surface area contributed by atoms with Gasteiger partial charge in [0.1, 0.15) is 12.1 Å². The van der Waals surface area contributed by atoms with E-state index in [0.29, 0.717) is 11.1 Å². The first kappa shape index (κ1) is 12.4. The summed E-state index contributed by atoms with van der Waals surface area (Å²) in [5.74, 6) is 0. The van der Waals surface area contributed by atoms with Crippen LogP contribution < -0.4 is 0 Å². The van der Waals surface area contributed by atoms with E-state index in [1.54, 1.807) is 0 Å². The van der Waals surface area contributed by atoms with E-state index in [1.165, 1.54) is 0 Å². The summed E-state index contributed by atoms with van der Waals surface area (Å²) in [5, 5.41) is 24.8. The first-order valence-electron chi connectivity index (χ1n) is 7.01. The minimum atomic E-state index is 0.635. The minimum absolute atomic E-state index is 0.635. The van der Waals surface area contributed by atoms with Crippen LogP contribution in [0.4, 0.5) is 0 Å². The molecule has 4 rings (SSSR count). The molecule has 0 aliphatic heterocycles. The maximum absolute atomic E-state index is 9.72. The number of fused-ring (bicyclic) bond motifs is 4. The van der Waals surface area contributed by atoms with Crippen LogP contribution in [0.5, 0.6) is 0 Å². The predicted octanol–water partition coefficient (Wildman–Crippen LogP) is 4.89. The lowest BCUT2D eigenvalue weighted by atomic mass is 9.90. The maximum atomic E-state index is 9.72. The quantitative estimate of drug-likeness (QED) is 0.339. The van der Waals surface area contributed by atoms with Crippen LogP contribution in [0, 0.1) is 22.7 Å². The fraction of sp³-hybridized carbons (Fsp3) is 0. The van der Waals surface area contributed by atoms with Crippen LogP contribution >= 0.6 is 0 Å². The molecule has 0 spiro atoms. The van der Waals surface area contributed by atoms with Crippen LogP contribution in [0.15, 0.2) is 60.7 Å². The Morgan fingerprint density at radius 1 is 0.545 bits per heavy atom. The van der Waals surface area contributed by atoms with Crippen LogP contribution in [0.25, 0.3) is 32.3 Å². The number of nitriles is 2. The summed E-state index contributed by atoms with van der Waals surface area (Å²) in [5.41, 5.74) is 1.27. The van der Waals surface area contributed by atoms with Gasteiger partial charge in [0.15, 0.2) is 0 Å². The van der Waals surface area contributed by atoms with Gasteiger partial charge in [-0.1, -0.05) is 60.7 Å². The summed E-state index contributed by atoms with van der Waals surface area (Å²) in [6, 6.07) is 24.2. The molecule has 2 heteroatoms. The van der Waals surface area contributed by atoms with Crippen molar-refractivity contribution in [2.45, 2.75) is 0 Å². The molecule has 0 aliphatic rings. The Hall–Kier alpha value is -3.36. The van der Waals surface area contributed by atoms with E-state index in [1.807, 2.05) is 60.7 Å². The Labute approximate surface area is 127 Å². The van der Waals surface area contributed by atoms with Gasteiger partial charge in [0.2, 0.25) is 0 Å². The molecule has 0 amide bonds. The molecule has 100 valence electrons. The lowest BCUT2D eigenvalue weighted by molar-refractivity contribution is 1.50. The van der Waals surface area contributed by atoms with E-state index < -0.39 is 0 Å². The molecule has 0 aromatic heterocycles. The molecule has 0 heterocycles. The summed E-state index contributed by atoms with van der Waals surface area (Å²) in [6.45, 7) is 0. The van der Waals surface area contributed by atoms with E-state index in [-0.39, 0.29) is 0 Å². The van der Waals surface area contributed by atoms with E-state index >= 15 is 0 Å². The standard InChI is InChI=1S/C20H10N2/c21-11-18-15-7-3-4-8-16(15)19(12-22)20-14-6-2-1-5-13(14)9-10-17(18)20/h1-10H. The molecule has 0 aliphatic carbocycles. The maximum Gasteiger partial charge on any atom is 0.100 e. The van der Waals surface area contributed by atoms with Gasteiger partial charge in [-0.05, 0) is 10.8 Å². The fourth-order valence-electron chi connectivity index (χ4n) is 3.18. The van der Waals surface area contributed by atoms with Gasteiger partial charge in [-0.3, -0.25) is 0 Å². The predicted molar refractivity (Wildman–Crippen MR) is 88.4 cm³/mol. The lowest BCUT2D eigenvalue weighted by Crippen LogP contribution is -1.91. The van der Waals surface area contributed by atoms with Gasteiger partial charge < -0.3 is 0 Å². The fourth-order valence-corrected chi connectivity index (χ4v) is 3.18. The SMILES string of the molecule is N#Cc1c2ccccc2c(C#N)c2c1ccc1ccccc12. The Morgan fingerprint density at radius 2 is 1.14 bits per heavy atom. The van der Waals surface area contributed by atoms with E-state index in [4.69, 9.17) is 0 Å². The molecule has 0 N–H and O–H groups in total. The van der Waals surface area contributed by atoms with Crippen molar-refractivity contribution >= 4 is 32.3 Å². The number of rotatable bonds is 0. The Bertz CT molecular complexity index is 1140. The molecule has 0 unspecified atom stereocenters. The van der Waals surface area contributed by atoms with Crippen molar-refractivity contribution in [1.82, 2.24) is 0 Å². The smallest absolute Gasteiger partial charge is 0.100 e. The van der Waals surface area contributed by atoms with Crippen molar-refractivity contribution in [3.63, 3.8) is 0 Å². The molecule has 0 saturated heterocycles. The molecule has 4 aromatic carbocycles. The highest BCUT2D eigenvalue weighted by atomic mass is 14.3. The zero-order valence-electron chi connectivity index (χ0n) is 11.7. The van der Waals surface area contributed by atoms with Crippen molar-refractivity contribution < 1.29 is 0 Å². The summed E-state index contributed by atoms with van der Waals surface area (Å²) in [7, 11) is 0. The molecule has 0 radical (unpaired) electrons. The third kappa shape index (κ3) is 1.53. The van der Waals surface area contributed by atoms with Crippen molar-refractivity contribution in [3.8, 4) is 12.1 Å². The molecular formula is C20H10N2. The van der Waals surface area contributed by atoms with E-state index in [9.17, 15) is 10.5 Å². The Kier molecular flexibility index (Phi) is 2.58. The minimum Gasteiger partial charge on any atom is -0.192 e. The zero-order valence-corrected chi connectivity index (χ0v) is 11.7. The topological polar surface area (TPSA) is 47.6 Å². The van der Waals surface area contributed by atoms with Crippen LogP contribution in [0.2, 0.25) is 0 Å². The van der Waals surface area contributed by atoms with Crippen molar-refractivity contribution in [2.75, 3.05) is 0 Å². The highest BCUT2D eigenvalue weighted by Crippen LogP contribution is 2.36. The third-order valence-corrected chi connectivity index (χ3v) is 4.14. The number of hydrogen-bond donors (Lipinski definition) is 0. The normalized spacial score (nSPS) is 10.6. The van der Waals surface area contributed by atoms with Gasteiger partial charge in [0.05, 0.1) is 11.1 Å². The largest absolute Gasteiger partial charge is 0.192 e. The number of nitrogens with zero attached hydrogens (tertiary/aromatic N) is 2. The summed E-state index contributed by atoms with van der Waals surface area (Å²) >= 11 is 0. The summed E-state index contributed by atoms with van der Waals surface area (Å²) in [6.07, 6.45) is 0. The second-order valence-corrected chi connectivity index (χ2v) is 5.23. The van der Waals surface area contributed by atoms with Gasteiger partial charge >= 0.3 is 0 Å². The first-order valence-corrected chi connectivity index (χ1v) is 7.01. The van der Waals surface area contributed by atoms with E-state index in [2.05, 4.69) is 12.1 Å². The Balaban J connectivity index is 2.44. The van der Waals surface area contributed by atoms with Crippen molar-refractivity contribution in [1.29, 1.82) is 10.5 Å². The van der Waals surface area contributed by atoms with Gasteiger partial charge in [-0.25, -0.2) is 0 Å². The molecule has 0 fully saturated rings. The second-order valence-electron chi connectivity index (χ2n) is 5.23. The molecule has 22 heavy (non-hydrogen) atoms. The van der Waals surface area contributed by atoms with Crippen LogP contribution in [-0.4, -0.2) is 0 Å². The van der Waals surface area contributed by atoms with Gasteiger partial charge in [0.25, 0.3) is 0 Å². The summed E-state index contributed by atoms with van der Waals surface area (Å²) < 4.78 is 0. The summed E-state index contributed by atoms with van der Waals surface area (Å²) in [4.78, 5) is 0.